The SMILES string of the molecule is CCN(C(C)C)C(CN)C1CCCC(C)C1. The van der Waals surface area contributed by atoms with Crippen molar-refractivity contribution in [3.8, 4) is 0 Å². The molecular weight excluding hydrogens is 196 g/mol. The van der Waals surface area contributed by atoms with Crippen molar-refractivity contribution in [1.82, 2.24) is 4.90 Å². The van der Waals surface area contributed by atoms with E-state index in [9.17, 15) is 0 Å². The van der Waals surface area contributed by atoms with E-state index in [0.717, 1.165) is 24.9 Å². The summed E-state index contributed by atoms with van der Waals surface area (Å²) in [5, 5.41) is 0. The molecule has 1 fully saturated rings. The summed E-state index contributed by atoms with van der Waals surface area (Å²) in [6.45, 7) is 11.2. The third-order valence-electron chi connectivity index (χ3n) is 4.22. The second kappa shape index (κ2) is 6.61. The van der Waals surface area contributed by atoms with Crippen LogP contribution in [0, 0.1) is 11.8 Å². The first-order valence-corrected chi connectivity index (χ1v) is 7.05. The highest BCUT2D eigenvalue weighted by atomic mass is 15.2. The molecule has 0 radical (unpaired) electrons. The number of nitrogens with zero attached hydrogens (tertiary/aromatic N) is 1. The van der Waals surface area contributed by atoms with Gasteiger partial charge in [0.2, 0.25) is 0 Å². The molecule has 1 aliphatic carbocycles. The topological polar surface area (TPSA) is 29.3 Å². The Kier molecular flexibility index (Phi) is 5.77. The molecule has 1 rings (SSSR count). The van der Waals surface area contributed by atoms with Crippen LogP contribution in [-0.2, 0) is 0 Å². The van der Waals surface area contributed by atoms with Crippen LogP contribution in [0.25, 0.3) is 0 Å². The summed E-state index contributed by atoms with van der Waals surface area (Å²) in [4.78, 5) is 2.59. The molecular formula is C14H30N2. The van der Waals surface area contributed by atoms with E-state index in [1.165, 1.54) is 25.7 Å². The number of nitrogens with two attached hydrogens (primary N) is 1. The Morgan fingerprint density at radius 3 is 2.44 bits per heavy atom. The monoisotopic (exact) mass is 226 g/mol. The molecule has 0 spiro atoms. The van der Waals surface area contributed by atoms with Crippen LogP contribution in [0.5, 0.6) is 0 Å². The van der Waals surface area contributed by atoms with Crippen molar-refractivity contribution >= 4 is 0 Å². The largest absolute Gasteiger partial charge is 0.329 e. The molecule has 2 N–H and O–H groups in total. The summed E-state index contributed by atoms with van der Waals surface area (Å²) in [6, 6.07) is 1.23. The van der Waals surface area contributed by atoms with Gasteiger partial charge in [0.05, 0.1) is 0 Å². The van der Waals surface area contributed by atoms with Crippen molar-refractivity contribution in [2.45, 2.75) is 65.5 Å². The molecule has 3 atom stereocenters. The summed E-state index contributed by atoms with van der Waals surface area (Å²) >= 11 is 0. The highest BCUT2D eigenvalue weighted by Crippen LogP contribution is 2.32. The second-order valence-electron chi connectivity index (χ2n) is 5.76. The van der Waals surface area contributed by atoms with Gasteiger partial charge in [0.15, 0.2) is 0 Å². The second-order valence-corrected chi connectivity index (χ2v) is 5.76. The molecule has 0 heterocycles. The van der Waals surface area contributed by atoms with E-state index < -0.39 is 0 Å². The van der Waals surface area contributed by atoms with E-state index in [2.05, 4.69) is 32.6 Å². The van der Waals surface area contributed by atoms with Crippen molar-refractivity contribution in [3.05, 3.63) is 0 Å². The molecule has 0 aromatic carbocycles. The number of hydrogen-bond acceptors (Lipinski definition) is 2. The fraction of sp³-hybridized carbons (Fsp3) is 1.00. The lowest BCUT2D eigenvalue weighted by Gasteiger charge is -2.41. The van der Waals surface area contributed by atoms with Crippen LogP contribution in [0.15, 0.2) is 0 Å². The van der Waals surface area contributed by atoms with E-state index >= 15 is 0 Å². The molecule has 0 aliphatic heterocycles. The maximum atomic E-state index is 6.02. The molecule has 16 heavy (non-hydrogen) atoms. The molecule has 96 valence electrons. The Labute approximate surface area is 102 Å². The fourth-order valence-electron chi connectivity index (χ4n) is 3.41. The molecule has 2 heteroatoms. The molecule has 0 amide bonds. The van der Waals surface area contributed by atoms with Crippen LogP contribution in [0.3, 0.4) is 0 Å². The van der Waals surface area contributed by atoms with Gasteiger partial charge in [-0.05, 0) is 45.1 Å². The minimum atomic E-state index is 0.604. The van der Waals surface area contributed by atoms with Crippen molar-refractivity contribution in [2.24, 2.45) is 17.6 Å². The molecule has 1 saturated carbocycles. The lowest BCUT2D eigenvalue weighted by atomic mass is 9.78. The van der Waals surface area contributed by atoms with Crippen molar-refractivity contribution < 1.29 is 0 Å². The van der Waals surface area contributed by atoms with Gasteiger partial charge in [0.25, 0.3) is 0 Å². The van der Waals surface area contributed by atoms with Crippen LogP contribution in [0.4, 0.5) is 0 Å². The summed E-state index contributed by atoms with van der Waals surface area (Å²) in [7, 11) is 0. The van der Waals surface area contributed by atoms with Crippen LogP contribution in [-0.4, -0.2) is 30.1 Å². The number of hydrogen-bond donors (Lipinski definition) is 1. The maximum absolute atomic E-state index is 6.02. The van der Waals surface area contributed by atoms with Gasteiger partial charge in [-0.2, -0.15) is 0 Å². The Balaban J connectivity index is 2.64. The smallest absolute Gasteiger partial charge is 0.0249 e. The first-order chi connectivity index (χ1) is 7.60. The Morgan fingerprint density at radius 1 is 1.31 bits per heavy atom. The Bertz CT molecular complexity index is 191. The van der Waals surface area contributed by atoms with Crippen LogP contribution < -0.4 is 5.73 Å². The van der Waals surface area contributed by atoms with Gasteiger partial charge in [-0.25, -0.2) is 0 Å². The van der Waals surface area contributed by atoms with E-state index in [4.69, 9.17) is 5.73 Å². The van der Waals surface area contributed by atoms with E-state index in [0.29, 0.717) is 12.1 Å². The standard InChI is InChI=1S/C14H30N2/c1-5-16(11(2)3)14(10-15)13-8-6-7-12(4)9-13/h11-14H,5-10,15H2,1-4H3. The lowest BCUT2D eigenvalue weighted by molar-refractivity contribution is 0.0868. The van der Waals surface area contributed by atoms with Crippen molar-refractivity contribution in [3.63, 3.8) is 0 Å². The van der Waals surface area contributed by atoms with E-state index in [1.54, 1.807) is 0 Å². The van der Waals surface area contributed by atoms with Gasteiger partial charge < -0.3 is 5.73 Å². The first-order valence-electron chi connectivity index (χ1n) is 7.05. The quantitative estimate of drug-likeness (QED) is 0.781. The Hall–Kier alpha value is -0.0800. The Morgan fingerprint density at radius 2 is 2.00 bits per heavy atom. The minimum Gasteiger partial charge on any atom is -0.329 e. The average molecular weight is 226 g/mol. The van der Waals surface area contributed by atoms with Crippen LogP contribution in [0.1, 0.15) is 53.4 Å². The fourth-order valence-corrected chi connectivity index (χ4v) is 3.41. The normalized spacial score (nSPS) is 28.7. The summed E-state index contributed by atoms with van der Waals surface area (Å²) in [5.41, 5.74) is 6.02. The van der Waals surface area contributed by atoms with Gasteiger partial charge in [-0.15, -0.1) is 0 Å². The minimum absolute atomic E-state index is 0.604. The summed E-state index contributed by atoms with van der Waals surface area (Å²) in [6.07, 6.45) is 5.58. The maximum Gasteiger partial charge on any atom is 0.0249 e. The summed E-state index contributed by atoms with van der Waals surface area (Å²) < 4.78 is 0. The lowest BCUT2D eigenvalue weighted by Crippen LogP contribution is -2.49. The van der Waals surface area contributed by atoms with Gasteiger partial charge in [-0.1, -0.05) is 26.7 Å². The molecule has 3 unspecified atom stereocenters. The number of likely N-dealkylation sites (N-methyl/N-ethyl adjacent to an activating group) is 1. The van der Waals surface area contributed by atoms with E-state index in [-0.39, 0.29) is 0 Å². The summed E-state index contributed by atoms with van der Waals surface area (Å²) in [5.74, 6) is 1.73. The van der Waals surface area contributed by atoms with Crippen LogP contribution >= 0.6 is 0 Å². The molecule has 0 bridgehead atoms. The molecule has 0 aromatic heterocycles. The zero-order valence-corrected chi connectivity index (χ0v) is 11.6. The van der Waals surface area contributed by atoms with Gasteiger partial charge in [0, 0.05) is 18.6 Å². The molecule has 0 saturated heterocycles. The van der Waals surface area contributed by atoms with Crippen molar-refractivity contribution in [2.75, 3.05) is 13.1 Å². The third-order valence-corrected chi connectivity index (χ3v) is 4.22. The zero-order valence-electron chi connectivity index (χ0n) is 11.6. The predicted octanol–water partition coefficient (Wildman–Crippen LogP) is 2.87. The number of rotatable bonds is 5. The molecule has 0 aromatic rings. The average Bonchev–Trinajstić information content (AvgIpc) is 2.25. The van der Waals surface area contributed by atoms with Crippen LogP contribution in [0.2, 0.25) is 0 Å². The predicted molar refractivity (Wildman–Crippen MR) is 71.5 cm³/mol. The van der Waals surface area contributed by atoms with Gasteiger partial charge in [-0.3, -0.25) is 4.90 Å². The highest BCUT2D eigenvalue weighted by molar-refractivity contribution is 4.85. The molecule has 2 nitrogen and oxygen atoms in total. The van der Waals surface area contributed by atoms with Gasteiger partial charge in [0.1, 0.15) is 0 Å². The third kappa shape index (κ3) is 3.46. The zero-order chi connectivity index (χ0) is 12.1. The highest BCUT2D eigenvalue weighted by Gasteiger charge is 2.30. The van der Waals surface area contributed by atoms with E-state index in [1.807, 2.05) is 0 Å². The first kappa shape index (κ1) is 14.0. The van der Waals surface area contributed by atoms with Crippen molar-refractivity contribution in [1.29, 1.82) is 0 Å². The van der Waals surface area contributed by atoms with Gasteiger partial charge >= 0.3 is 0 Å². The molecule has 1 aliphatic rings.